The third-order valence-electron chi connectivity index (χ3n) is 5.74. The van der Waals surface area contributed by atoms with Crippen LogP contribution in [0.3, 0.4) is 0 Å². The highest BCUT2D eigenvalue weighted by Crippen LogP contribution is 2.38. The first kappa shape index (κ1) is 14.2. The van der Waals surface area contributed by atoms with Gasteiger partial charge in [-0.3, -0.25) is 0 Å². The molecule has 1 heterocycles. The lowest BCUT2D eigenvalue weighted by atomic mass is 9.89. The second kappa shape index (κ2) is 6.05. The highest BCUT2D eigenvalue weighted by Gasteiger charge is 2.22. The van der Waals surface area contributed by atoms with E-state index < -0.39 is 0 Å². The molecular formula is C23H26N+. The van der Waals surface area contributed by atoms with Gasteiger partial charge in [-0.2, -0.15) is 0 Å². The van der Waals surface area contributed by atoms with Crippen LogP contribution < -0.4 is 4.57 Å². The predicted molar refractivity (Wildman–Crippen MR) is 101 cm³/mol. The van der Waals surface area contributed by atoms with Crippen molar-refractivity contribution in [2.24, 2.45) is 7.05 Å². The van der Waals surface area contributed by atoms with Crippen LogP contribution in [-0.2, 0) is 7.05 Å². The Morgan fingerprint density at radius 1 is 1.04 bits per heavy atom. The zero-order valence-electron chi connectivity index (χ0n) is 15.9. The van der Waals surface area contributed by atoms with Gasteiger partial charge in [-0.25, -0.2) is 4.57 Å². The van der Waals surface area contributed by atoms with Gasteiger partial charge in [0.1, 0.15) is 8.42 Å². The fraction of sp³-hybridized carbons (Fsp3) is 0.348. The standard InChI is InChI=1S/C23H26N/c1-16-14-20(18-8-4-5-9-18)15-22(17(16)2)23-21-11-7-6-10-19(21)12-13-24(23)3/h6-7,10-15,18H,4-5,8-9H2,1-3H3/q+1/i13D. The quantitative estimate of drug-likeness (QED) is 0.541. The van der Waals surface area contributed by atoms with Gasteiger partial charge >= 0.3 is 0 Å². The Bertz CT molecular complexity index is 952. The van der Waals surface area contributed by atoms with Crippen molar-refractivity contribution in [3.63, 3.8) is 0 Å². The zero-order chi connectivity index (χ0) is 17.6. The Kier molecular flexibility index (Phi) is 3.58. The summed E-state index contributed by atoms with van der Waals surface area (Å²) in [6, 6.07) is 15.2. The summed E-state index contributed by atoms with van der Waals surface area (Å²) in [5.41, 5.74) is 6.63. The normalized spacial score (nSPS) is 15.9. The number of fused-ring (bicyclic) bond motifs is 1. The van der Waals surface area contributed by atoms with Crippen molar-refractivity contribution in [1.29, 1.82) is 0 Å². The molecule has 24 heavy (non-hydrogen) atoms. The van der Waals surface area contributed by atoms with Crippen LogP contribution >= 0.6 is 0 Å². The van der Waals surface area contributed by atoms with Gasteiger partial charge in [0.25, 0.3) is 0 Å². The molecule has 0 amide bonds. The third kappa shape index (κ3) is 2.53. The summed E-state index contributed by atoms with van der Waals surface area (Å²) in [5.74, 6) is 0.703. The molecule has 1 nitrogen and oxygen atoms in total. The van der Waals surface area contributed by atoms with E-state index in [1.807, 2.05) is 17.7 Å². The number of aromatic nitrogens is 1. The van der Waals surface area contributed by atoms with Crippen LogP contribution in [0.15, 0.2) is 48.6 Å². The minimum atomic E-state index is 0.553. The maximum Gasteiger partial charge on any atom is 0.220 e. The van der Waals surface area contributed by atoms with Crippen molar-refractivity contribution in [3.8, 4) is 11.3 Å². The van der Waals surface area contributed by atoms with Crippen LogP contribution in [0.4, 0.5) is 0 Å². The number of benzene rings is 2. The zero-order valence-corrected chi connectivity index (χ0v) is 14.9. The van der Waals surface area contributed by atoms with E-state index in [4.69, 9.17) is 1.37 Å². The fourth-order valence-corrected chi connectivity index (χ4v) is 4.20. The predicted octanol–water partition coefficient (Wildman–Crippen LogP) is 5.61. The molecule has 0 N–H and O–H groups in total. The Labute approximate surface area is 146 Å². The van der Waals surface area contributed by atoms with Gasteiger partial charge in [0.05, 0.1) is 10.9 Å². The monoisotopic (exact) mass is 317 g/mol. The molecule has 0 bridgehead atoms. The van der Waals surface area contributed by atoms with E-state index in [1.165, 1.54) is 59.0 Å². The molecular weight excluding hydrogens is 290 g/mol. The van der Waals surface area contributed by atoms with E-state index in [1.54, 1.807) is 0 Å². The molecule has 1 aliphatic rings. The largest absolute Gasteiger partial charge is 0.220 e. The van der Waals surface area contributed by atoms with E-state index in [-0.39, 0.29) is 0 Å². The van der Waals surface area contributed by atoms with Crippen molar-refractivity contribution in [1.82, 2.24) is 0 Å². The summed E-state index contributed by atoms with van der Waals surface area (Å²) in [6.07, 6.45) is 5.88. The Hall–Kier alpha value is -2.15. The van der Waals surface area contributed by atoms with Crippen molar-refractivity contribution in [2.75, 3.05) is 0 Å². The number of hydrogen-bond donors (Lipinski definition) is 0. The van der Waals surface area contributed by atoms with Gasteiger partial charge in [0.15, 0.2) is 6.17 Å². The molecule has 122 valence electrons. The molecule has 1 heteroatoms. The Morgan fingerprint density at radius 2 is 1.79 bits per heavy atom. The fourth-order valence-electron chi connectivity index (χ4n) is 4.20. The Balaban J connectivity index is 2.01. The smallest absolute Gasteiger partial charge is 0.200 e. The molecule has 4 rings (SSSR count). The lowest BCUT2D eigenvalue weighted by Gasteiger charge is -2.16. The first-order valence-electron chi connectivity index (χ1n) is 9.56. The van der Waals surface area contributed by atoms with Gasteiger partial charge in [-0.15, -0.1) is 0 Å². The SMILES string of the molecule is [2H]c1cc2ccccc2c(-c2cc(C3CCCC3)cc(C)c2C)[n+]1C. The highest BCUT2D eigenvalue weighted by atomic mass is 14.9. The molecule has 1 aromatic heterocycles. The van der Waals surface area contributed by atoms with Crippen molar-refractivity contribution in [2.45, 2.75) is 45.4 Å². The van der Waals surface area contributed by atoms with Crippen molar-refractivity contribution in [3.05, 3.63) is 65.3 Å². The topological polar surface area (TPSA) is 3.88 Å². The van der Waals surface area contributed by atoms with E-state index in [2.05, 4.69) is 50.2 Å². The summed E-state index contributed by atoms with van der Waals surface area (Å²) in [7, 11) is 2.02. The van der Waals surface area contributed by atoms with Crippen LogP contribution in [-0.4, -0.2) is 0 Å². The molecule has 0 atom stereocenters. The molecule has 0 spiro atoms. The number of aryl methyl sites for hydroxylation is 1. The second-order valence-corrected chi connectivity index (χ2v) is 7.26. The molecule has 0 saturated heterocycles. The highest BCUT2D eigenvalue weighted by molar-refractivity contribution is 5.93. The summed E-state index contributed by atoms with van der Waals surface area (Å²) < 4.78 is 10.4. The van der Waals surface area contributed by atoms with Crippen molar-refractivity contribution >= 4 is 10.8 Å². The van der Waals surface area contributed by atoms with Crippen LogP contribution in [0.1, 0.15) is 49.7 Å². The van der Waals surface area contributed by atoms with E-state index >= 15 is 0 Å². The maximum atomic E-state index is 8.40. The molecule has 3 aromatic rings. The summed E-state index contributed by atoms with van der Waals surface area (Å²) in [4.78, 5) is 0. The minimum Gasteiger partial charge on any atom is -0.200 e. The van der Waals surface area contributed by atoms with Gasteiger partial charge in [-0.05, 0) is 66.8 Å². The van der Waals surface area contributed by atoms with Crippen LogP contribution in [0.5, 0.6) is 0 Å². The lowest BCUT2D eigenvalue weighted by molar-refractivity contribution is -0.659. The molecule has 0 radical (unpaired) electrons. The average molecular weight is 317 g/mol. The number of rotatable bonds is 2. The van der Waals surface area contributed by atoms with Crippen molar-refractivity contribution < 1.29 is 5.94 Å². The number of pyridine rings is 1. The summed E-state index contributed by atoms with van der Waals surface area (Å²) in [5, 5.41) is 2.37. The second-order valence-electron chi connectivity index (χ2n) is 7.26. The van der Waals surface area contributed by atoms with E-state index in [0.29, 0.717) is 12.1 Å². The van der Waals surface area contributed by atoms with Crippen LogP contribution in [0.2, 0.25) is 0 Å². The van der Waals surface area contributed by atoms with Gasteiger partial charge < -0.3 is 0 Å². The third-order valence-corrected chi connectivity index (χ3v) is 5.74. The average Bonchev–Trinajstić information content (AvgIpc) is 3.13. The molecule has 0 unspecified atom stereocenters. The van der Waals surface area contributed by atoms with Crippen LogP contribution in [0, 0.1) is 13.8 Å². The maximum absolute atomic E-state index is 8.40. The summed E-state index contributed by atoms with van der Waals surface area (Å²) >= 11 is 0. The summed E-state index contributed by atoms with van der Waals surface area (Å²) in [6.45, 7) is 4.44. The molecule has 2 aromatic carbocycles. The van der Waals surface area contributed by atoms with Crippen LogP contribution in [0.25, 0.3) is 22.0 Å². The van der Waals surface area contributed by atoms with E-state index in [9.17, 15) is 0 Å². The van der Waals surface area contributed by atoms with Gasteiger partial charge in [-0.1, -0.05) is 37.1 Å². The number of hydrogen-bond acceptors (Lipinski definition) is 0. The lowest BCUT2D eigenvalue weighted by Crippen LogP contribution is -2.30. The number of nitrogens with zero attached hydrogens (tertiary/aromatic N) is 1. The minimum absolute atomic E-state index is 0.553. The Morgan fingerprint density at radius 3 is 2.58 bits per heavy atom. The first-order chi connectivity index (χ1) is 12.1. The molecule has 1 fully saturated rings. The van der Waals surface area contributed by atoms with Gasteiger partial charge in [0.2, 0.25) is 5.69 Å². The molecule has 1 saturated carbocycles. The van der Waals surface area contributed by atoms with E-state index in [0.717, 1.165) is 5.39 Å². The first-order valence-corrected chi connectivity index (χ1v) is 9.06. The molecule has 0 aliphatic heterocycles. The molecule has 1 aliphatic carbocycles. The van der Waals surface area contributed by atoms with Gasteiger partial charge in [0, 0.05) is 6.07 Å².